The van der Waals surface area contributed by atoms with E-state index in [1.165, 1.54) is 5.56 Å². The normalized spacial score (nSPS) is 22.4. The van der Waals surface area contributed by atoms with Crippen LogP contribution in [0.25, 0.3) is 0 Å². The zero-order chi connectivity index (χ0) is 9.97. The van der Waals surface area contributed by atoms with Crippen molar-refractivity contribution < 1.29 is 4.79 Å². The van der Waals surface area contributed by atoms with Crippen LogP contribution in [0.1, 0.15) is 37.2 Å². The van der Waals surface area contributed by atoms with E-state index in [1.807, 2.05) is 0 Å². The summed E-state index contributed by atoms with van der Waals surface area (Å²) in [7, 11) is 0. The van der Waals surface area contributed by atoms with Crippen molar-refractivity contribution in [1.82, 2.24) is 0 Å². The van der Waals surface area contributed by atoms with Gasteiger partial charge in [-0.05, 0) is 36.5 Å². The topological polar surface area (TPSA) is 17.1 Å². The largest absolute Gasteiger partial charge is 0.300 e. The predicted octanol–water partition coefficient (Wildman–Crippen LogP) is 3.68. The van der Waals surface area contributed by atoms with Crippen LogP contribution in [-0.2, 0) is 4.79 Å². The van der Waals surface area contributed by atoms with Crippen LogP contribution in [0.4, 0.5) is 0 Å². The van der Waals surface area contributed by atoms with Gasteiger partial charge in [0.25, 0.3) is 0 Å². The number of carbonyl (C=O) groups is 1. The summed E-state index contributed by atoms with van der Waals surface area (Å²) in [6.45, 7) is 0. The smallest absolute Gasteiger partial charge is 0.133 e. The van der Waals surface area contributed by atoms with Crippen LogP contribution in [-0.4, -0.2) is 5.78 Å². The maximum atomic E-state index is 11.3. The minimum Gasteiger partial charge on any atom is -0.300 e. The highest BCUT2D eigenvalue weighted by Gasteiger charge is 2.20. The van der Waals surface area contributed by atoms with Crippen LogP contribution in [0.15, 0.2) is 28.7 Å². The molecule has 1 atom stereocenters. The lowest BCUT2D eigenvalue weighted by atomic mass is 9.83. The zero-order valence-electron chi connectivity index (χ0n) is 8.00. The summed E-state index contributed by atoms with van der Waals surface area (Å²) < 4.78 is 1.10. The third-order valence-electron chi connectivity index (χ3n) is 2.82. The molecule has 0 saturated heterocycles. The molecule has 0 amide bonds. The second-order valence-corrected chi connectivity index (χ2v) is 4.80. The molecule has 0 spiro atoms. The van der Waals surface area contributed by atoms with Gasteiger partial charge in [0, 0.05) is 17.3 Å². The van der Waals surface area contributed by atoms with Crippen LogP contribution >= 0.6 is 15.9 Å². The summed E-state index contributed by atoms with van der Waals surface area (Å²) in [4.78, 5) is 11.3. The average Bonchev–Trinajstić information content (AvgIpc) is 2.19. The quantitative estimate of drug-likeness (QED) is 0.746. The average molecular weight is 253 g/mol. The minimum absolute atomic E-state index is 0.421. The summed E-state index contributed by atoms with van der Waals surface area (Å²) in [6.07, 6.45) is 3.74. The molecule has 0 aliphatic heterocycles. The molecule has 0 heterocycles. The number of halogens is 1. The molecule has 74 valence electrons. The minimum atomic E-state index is 0.421. The monoisotopic (exact) mass is 252 g/mol. The highest BCUT2D eigenvalue weighted by Crippen LogP contribution is 2.31. The molecule has 14 heavy (non-hydrogen) atoms. The lowest BCUT2D eigenvalue weighted by molar-refractivity contribution is -0.120. The van der Waals surface area contributed by atoms with Crippen molar-refractivity contribution in [1.29, 1.82) is 0 Å². The molecule has 0 unspecified atom stereocenters. The molecule has 1 aliphatic carbocycles. The molecule has 0 N–H and O–H groups in total. The van der Waals surface area contributed by atoms with E-state index in [9.17, 15) is 4.79 Å². The predicted molar refractivity (Wildman–Crippen MR) is 60.4 cm³/mol. The van der Waals surface area contributed by atoms with Crippen LogP contribution in [0, 0.1) is 0 Å². The number of ketones is 1. The Morgan fingerprint density at radius 1 is 1.21 bits per heavy atom. The first-order valence-corrected chi connectivity index (χ1v) is 5.82. The summed E-state index contributed by atoms with van der Waals surface area (Å²) >= 11 is 3.41. The highest BCUT2D eigenvalue weighted by molar-refractivity contribution is 9.10. The summed E-state index contributed by atoms with van der Waals surface area (Å²) in [5, 5.41) is 0. The fraction of sp³-hybridized carbons (Fsp3) is 0.417. The molecule has 1 aromatic carbocycles. The fourth-order valence-electron chi connectivity index (χ4n) is 2.04. The van der Waals surface area contributed by atoms with Gasteiger partial charge in [-0.3, -0.25) is 4.79 Å². The molecule has 1 aliphatic rings. The molecule has 1 aromatic rings. The van der Waals surface area contributed by atoms with Crippen LogP contribution < -0.4 is 0 Å². The molecule has 0 radical (unpaired) electrons. The molecular weight excluding hydrogens is 240 g/mol. The third kappa shape index (κ3) is 2.24. The molecule has 0 bridgehead atoms. The Morgan fingerprint density at radius 2 is 1.93 bits per heavy atom. The van der Waals surface area contributed by atoms with Gasteiger partial charge in [0.15, 0.2) is 0 Å². The summed E-state index contributed by atoms with van der Waals surface area (Å²) in [5.74, 6) is 0.883. The van der Waals surface area contributed by atoms with E-state index in [-0.39, 0.29) is 0 Å². The molecule has 1 saturated carbocycles. The second-order valence-electron chi connectivity index (χ2n) is 3.88. The van der Waals surface area contributed by atoms with Crippen LogP contribution in [0.5, 0.6) is 0 Å². The van der Waals surface area contributed by atoms with Crippen molar-refractivity contribution in [2.45, 2.75) is 31.6 Å². The summed E-state index contributed by atoms with van der Waals surface area (Å²) in [6, 6.07) is 8.34. The highest BCUT2D eigenvalue weighted by atomic mass is 79.9. The number of benzene rings is 1. The van der Waals surface area contributed by atoms with Gasteiger partial charge in [-0.15, -0.1) is 0 Å². The fourth-order valence-corrected chi connectivity index (χ4v) is 2.31. The third-order valence-corrected chi connectivity index (χ3v) is 3.35. The Kier molecular flexibility index (Phi) is 3.02. The van der Waals surface area contributed by atoms with Gasteiger partial charge in [0.05, 0.1) is 0 Å². The van der Waals surface area contributed by atoms with Gasteiger partial charge < -0.3 is 0 Å². The lowest BCUT2D eigenvalue weighted by Gasteiger charge is -2.20. The first kappa shape index (κ1) is 9.91. The van der Waals surface area contributed by atoms with Crippen LogP contribution in [0.3, 0.4) is 0 Å². The van der Waals surface area contributed by atoms with Gasteiger partial charge >= 0.3 is 0 Å². The van der Waals surface area contributed by atoms with Gasteiger partial charge in [-0.25, -0.2) is 0 Å². The Morgan fingerprint density at radius 3 is 2.57 bits per heavy atom. The zero-order valence-corrected chi connectivity index (χ0v) is 9.59. The lowest BCUT2D eigenvalue weighted by Crippen LogP contribution is -2.13. The number of hydrogen-bond donors (Lipinski definition) is 0. The van der Waals surface area contributed by atoms with E-state index in [4.69, 9.17) is 0 Å². The first-order valence-electron chi connectivity index (χ1n) is 5.03. The van der Waals surface area contributed by atoms with E-state index >= 15 is 0 Å². The Labute approximate surface area is 92.6 Å². The van der Waals surface area contributed by atoms with Crippen molar-refractivity contribution in [3.63, 3.8) is 0 Å². The molecule has 0 aromatic heterocycles. The summed E-state index contributed by atoms with van der Waals surface area (Å²) in [5.41, 5.74) is 1.31. The Balaban J connectivity index is 2.14. The molecule has 2 rings (SSSR count). The van der Waals surface area contributed by atoms with Gasteiger partial charge in [0.2, 0.25) is 0 Å². The molecular formula is C12H13BrO. The van der Waals surface area contributed by atoms with Gasteiger partial charge in [-0.1, -0.05) is 28.1 Å². The van der Waals surface area contributed by atoms with E-state index in [1.54, 1.807) is 0 Å². The maximum absolute atomic E-state index is 11.3. The SMILES string of the molecule is O=C1CCC[C@@H](c2ccc(Br)cc2)C1. The Hall–Kier alpha value is -0.630. The van der Waals surface area contributed by atoms with Crippen molar-refractivity contribution in [3.8, 4) is 0 Å². The number of carbonyl (C=O) groups excluding carboxylic acids is 1. The molecule has 2 heteroatoms. The van der Waals surface area contributed by atoms with Crippen molar-refractivity contribution >= 4 is 21.7 Å². The standard InChI is InChI=1S/C12H13BrO/c13-11-6-4-9(5-7-11)10-2-1-3-12(14)8-10/h4-7,10H,1-3,8H2/t10-/m1/s1. The molecule has 1 nitrogen and oxygen atoms in total. The Bertz CT molecular complexity index is 329. The maximum Gasteiger partial charge on any atom is 0.133 e. The number of Topliss-reactive ketones (excluding diaryl/α,β-unsaturated/α-hetero) is 1. The van der Waals surface area contributed by atoms with Gasteiger partial charge in [-0.2, -0.15) is 0 Å². The van der Waals surface area contributed by atoms with Crippen molar-refractivity contribution in [3.05, 3.63) is 34.3 Å². The van der Waals surface area contributed by atoms with Crippen molar-refractivity contribution in [2.24, 2.45) is 0 Å². The number of rotatable bonds is 1. The second kappa shape index (κ2) is 4.26. The van der Waals surface area contributed by atoms with Crippen LogP contribution in [0.2, 0.25) is 0 Å². The van der Waals surface area contributed by atoms with E-state index in [0.29, 0.717) is 11.7 Å². The van der Waals surface area contributed by atoms with E-state index in [2.05, 4.69) is 40.2 Å². The molecule has 1 fully saturated rings. The van der Waals surface area contributed by atoms with Crippen molar-refractivity contribution in [2.75, 3.05) is 0 Å². The number of hydrogen-bond acceptors (Lipinski definition) is 1. The van der Waals surface area contributed by atoms with Gasteiger partial charge in [0.1, 0.15) is 5.78 Å². The first-order chi connectivity index (χ1) is 6.75. The van der Waals surface area contributed by atoms with E-state index in [0.717, 1.165) is 30.2 Å². The van der Waals surface area contributed by atoms with E-state index < -0.39 is 0 Å².